The Hall–Kier alpha value is -5.27. The molecule has 3 aromatic heterocycles. The zero-order valence-electron chi connectivity index (χ0n) is 20.1. The molecule has 190 valence electrons. The third-order valence-electron chi connectivity index (χ3n) is 5.07. The lowest BCUT2D eigenvalue weighted by molar-refractivity contribution is -0.131. The number of hydrogen-bond acceptors (Lipinski definition) is 11. The van der Waals surface area contributed by atoms with Gasteiger partial charge in [0.15, 0.2) is 11.6 Å². The van der Waals surface area contributed by atoms with E-state index >= 15 is 0 Å². The van der Waals surface area contributed by atoms with Gasteiger partial charge in [0.2, 0.25) is 0 Å². The lowest BCUT2D eigenvalue weighted by Gasteiger charge is -2.20. The molecule has 14 nitrogen and oxygen atoms in total. The molecule has 0 amide bonds. The number of pyridine rings is 1. The first-order chi connectivity index (χ1) is 17.8. The van der Waals surface area contributed by atoms with Crippen LogP contribution in [0.3, 0.4) is 0 Å². The fraction of sp³-hybridized carbons (Fsp3) is 0.174. The van der Waals surface area contributed by atoms with Crippen LogP contribution in [0.15, 0.2) is 53.7 Å². The van der Waals surface area contributed by atoms with E-state index in [1.807, 2.05) is 0 Å². The Bertz CT molecular complexity index is 1500. The van der Waals surface area contributed by atoms with Crippen molar-refractivity contribution < 1.29 is 19.0 Å². The van der Waals surface area contributed by atoms with Crippen molar-refractivity contribution in [2.75, 3.05) is 19.5 Å². The number of carbonyl (C=O) groups is 1. The number of methoxy groups -OCH3 is 2. The maximum Gasteiger partial charge on any atom is 0.350 e. The number of aromatic amines is 1. The summed E-state index contributed by atoms with van der Waals surface area (Å²) >= 11 is 0. The molecule has 0 fully saturated rings. The lowest BCUT2D eigenvalue weighted by Crippen LogP contribution is -2.18. The number of amidine groups is 1. The van der Waals surface area contributed by atoms with Crippen molar-refractivity contribution in [2.24, 2.45) is 5.73 Å². The van der Waals surface area contributed by atoms with Gasteiger partial charge in [-0.2, -0.15) is 0 Å². The van der Waals surface area contributed by atoms with Crippen LogP contribution in [0.1, 0.15) is 29.9 Å². The number of anilines is 1. The van der Waals surface area contributed by atoms with Crippen LogP contribution in [-0.4, -0.2) is 55.7 Å². The van der Waals surface area contributed by atoms with Crippen LogP contribution in [0.25, 0.3) is 5.95 Å². The molecule has 37 heavy (non-hydrogen) atoms. The Balaban J connectivity index is 1.82. The molecule has 0 bridgehead atoms. The average Bonchev–Trinajstić information content (AvgIpc) is 3.28. The van der Waals surface area contributed by atoms with Crippen LogP contribution >= 0.6 is 0 Å². The Morgan fingerprint density at radius 3 is 2.54 bits per heavy atom. The summed E-state index contributed by atoms with van der Waals surface area (Å²) in [4.78, 5) is 39.5. The molecule has 0 radical (unpaired) electrons. The Labute approximate surface area is 210 Å². The molecule has 0 aliphatic rings. The van der Waals surface area contributed by atoms with Crippen molar-refractivity contribution in [3.05, 3.63) is 76.4 Å². The normalized spacial score (nSPS) is 11.4. The van der Waals surface area contributed by atoms with E-state index in [9.17, 15) is 9.59 Å². The fourth-order valence-electron chi connectivity index (χ4n) is 3.46. The van der Waals surface area contributed by atoms with Crippen molar-refractivity contribution >= 4 is 17.5 Å². The molecule has 4 aromatic rings. The first-order valence-corrected chi connectivity index (χ1v) is 10.8. The SMILES string of the molecule is COc1cc([C@H](Nc2ccc(C(=N)N)c(OC(C)=O)c2)c2nn(-c3ncccn3)c(=O)[nH]2)cnc1OC. The molecule has 0 aliphatic carbocycles. The predicted octanol–water partition coefficient (Wildman–Crippen LogP) is 1.17. The second-order valence-electron chi connectivity index (χ2n) is 7.55. The molecule has 0 aliphatic heterocycles. The van der Waals surface area contributed by atoms with Crippen LogP contribution < -0.4 is 31.0 Å². The lowest BCUT2D eigenvalue weighted by atomic mass is 10.1. The minimum absolute atomic E-state index is 0.0853. The van der Waals surface area contributed by atoms with Crippen LogP contribution in [0.5, 0.6) is 17.4 Å². The van der Waals surface area contributed by atoms with Gasteiger partial charge in [-0.25, -0.2) is 19.7 Å². The summed E-state index contributed by atoms with van der Waals surface area (Å²) in [6, 6.07) is 7.20. The number of nitrogen functional groups attached to an aromatic ring is 1. The summed E-state index contributed by atoms with van der Waals surface area (Å²) in [5, 5.41) is 15.4. The number of hydrogen-bond donors (Lipinski definition) is 4. The molecule has 5 N–H and O–H groups in total. The molecule has 14 heteroatoms. The standard InChI is InChI=1S/C23H23N9O5/c1-12(33)37-16-10-14(5-6-15(16)19(24)25)29-18(13-9-17(35-2)21(36-3)28-11-13)20-30-23(34)32(31-20)22-26-7-4-8-27-22/h4-11,18,29H,1-3H3,(H3,24,25)(H,30,31,34)/t18-/m0/s1. The minimum atomic E-state index is -0.779. The van der Waals surface area contributed by atoms with Gasteiger partial charge in [-0.1, -0.05) is 0 Å². The molecule has 0 spiro atoms. The van der Waals surface area contributed by atoms with Gasteiger partial charge in [-0.05, 0) is 24.3 Å². The third-order valence-corrected chi connectivity index (χ3v) is 5.07. The zero-order valence-corrected chi connectivity index (χ0v) is 20.1. The number of ether oxygens (including phenoxy) is 3. The molecular weight excluding hydrogens is 482 g/mol. The number of nitrogens with one attached hydrogen (secondary N) is 3. The van der Waals surface area contributed by atoms with Crippen molar-refractivity contribution in [1.29, 1.82) is 5.41 Å². The van der Waals surface area contributed by atoms with Gasteiger partial charge >= 0.3 is 11.7 Å². The van der Waals surface area contributed by atoms with E-state index in [0.717, 1.165) is 4.68 Å². The summed E-state index contributed by atoms with van der Waals surface area (Å²) < 4.78 is 16.9. The number of carbonyl (C=O) groups excluding carboxylic acids is 1. The highest BCUT2D eigenvalue weighted by molar-refractivity contribution is 5.98. The average molecular weight is 505 g/mol. The van der Waals surface area contributed by atoms with Gasteiger partial charge in [0.05, 0.1) is 19.8 Å². The van der Waals surface area contributed by atoms with Crippen molar-refractivity contribution in [2.45, 2.75) is 13.0 Å². The number of nitrogens with zero attached hydrogens (tertiary/aromatic N) is 5. The number of aromatic nitrogens is 6. The van der Waals surface area contributed by atoms with Gasteiger partial charge in [0.1, 0.15) is 17.6 Å². The van der Waals surface area contributed by atoms with Crippen molar-refractivity contribution in [1.82, 2.24) is 29.7 Å². The Kier molecular flexibility index (Phi) is 7.09. The molecule has 0 unspecified atom stereocenters. The first kappa shape index (κ1) is 24.8. The molecule has 0 saturated carbocycles. The molecule has 4 rings (SSSR count). The van der Waals surface area contributed by atoms with Crippen LogP contribution in [-0.2, 0) is 4.79 Å². The molecule has 0 saturated heterocycles. The summed E-state index contributed by atoms with van der Waals surface area (Å²) in [6.07, 6.45) is 4.51. The molecular formula is C23H23N9O5. The number of rotatable bonds is 9. The molecule has 1 atom stereocenters. The van der Waals surface area contributed by atoms with Gasteiger partial charge in [-0.15, -0.1) is 9.78 Å². The largest absolute Gasteiger partial charge is 0.491 e. The topological polar surface area (TPSA) is 196 Å². The van der Waals surface area contributed by atoms with Crippen LogP contribution in [0.4, 0.5) is 5.69 Å². The summed E-state index contributed by atoms with van der Waals surface area (Å²) in [7, 11) is 2.94. The second kappa shape index (κ2) is 10.6. The Morgan fingerprint density at radius 1 is 1.14 bits per heavy atom. The zero-order chi connectivity index (χ0) is 26.5. The van der Waals surface area contributed by atoms with Gasteiger partial charge in [0.25, 0.3) is 11.8 Å². The predicted molar refractivity (Wildman–Crippen MR) is 131 cm³/mol. The van der Waals surface area contributed by atoms with E-state index in [-0.39, 0.29) is 34.8 Å². The highest BCUT2D eigenvalue weighted by atomic mass is 16.5. The van der Waals surface area contributed by atoms with Gasteiger partial charge < -0.3 is 25.3 Å². The first-order valence-electron chi connectivity index (χ1n) is 10.8. The third kappa shape index (κ3) is 5.37. The highest BCUT2D eigenvalue weighted by Gasteiger charge is 2.24. The fourth-order valence-corrected chi connectivity index (χ4v) is 3.46. The van der Waals surface area contributed by atoms with E-state index in [0.29, 0.717) is 17.0 Å². The van der Waals surface area contributed by atoms with E-state index in [2.05, 4.69) is 30.4 Å². The number of nitrogens with two attached hydrogens (primary N) is 1. The quantitative estimate of drug-likeness (QED) is 0.110. The van der Waals surface area contributed by atoms with Crippen LogP contribution in [0.2, 0.25) is 0 Å². The minimum Gasteiger partial charge on any atom is -0.491 e. The van der Waals surface area contributed by atoms with Crippen molar-refractivity contribution in [3.8, 4) is 23.3 Å². The summed E-state index contributed by atoms with van der Waals surface area (Å²) in [5.41, 5.74) is 6.33. The van der Waals surface area contributed by atoms with Gasteiger partial charge in [0, 0.05) is 42.8 Å². The van der Waals surface area contributed by atoms with Crippen molar-refractivity contribution in [3.63, 3.8) is 0 Å². The van der Waals surface area contributed by atoms with Crippen LogP contribution in [0, 0.1) is 5.41 Å². The number of benzene rings is 1. The summed E-state index contributed by atoms with van der Waals surface area (Å²) in [5.74, 6) is 0.155. The molecule has 1 aromatic carbocycles. The summed E-state index contributed by atoms with van der Waals surface area (Å²) in [6.45, 7) is 1.24. The number of esters is 1. The Morgan fingerprint density at radius 2 is 1.89 bits per heavy atom. The van der Waals surface area contributed by atoms with E-state index < -0.39 is 17.7 Å². The monoisotopic (exact) mass is 505 g/mol. The maximum absolute atomic E-state index is 12.7. The van der Waals surface area contributed by atoms with E-state index in [1.54, 1.807) is 18.2 Å². The van der Waals surface area contributed by atoms with Gasteiger partial charge in [-0.3, -0.25) is 15.2 Å². The smallest absolute Gasteiger partial charge is 0.350 e. The second-order valence-corrected chi connectivity index (χ2v) is 7.55. The number of H-pyrrole nitrogens is 1. The maximum atomic E-state index is 12.7. The van der Waals surface area contributed by atoms with E-state index in [4.69, 9.17) is 25.4 Å². The van der Waals surface area contributed by atoms with E-state index in [1.165, 1.54) is 51.9 Å². The highest BCUT2D eigenvalue weighted by Crippen LogP contribution is 2.32. The molecule has 3 heterocycles.